The van der Waals surface area contributed by atoms with Crippen molar-refractivity contribution < 1.29 is 29.3 Å². The highest BCUT2D eigenvalue weighted by Gasteiger charge is 2.18. The SMILES string of the molecule is O=C(Cn1nnc(-c2cccnc2)n1)N1CCOCC1.O=C(O)C(=O)O. The maximum atomic E-state index is 12.0. The van der Waals surface area contributed by atoms with E-state index in [4.69, 9.17) is 24.5 Å². The number of hydrogen-bond acceptors (Lipinski definition) is 8. The van der Waals surface area contributed by atoms with Crippen LogP contribution in [0.5, 0.6) is 0 Å². The van der Waals surface area contributed by atoms with Crippen LogP contribution in [0.15, 0.2) is 24.5 Å². The first-order chi connectivity index (χ1) is 12.5. The summed E-state index contributed by atoms with van der Waals surface area (Å²) in [6, 6.07) is 3.65. The van der Waals surface area contributed by atoms with Crippen LogP contribution in [0.1, 0.15) is 0 Å². The van der Waals surface area contributed by atoms with E-state index >= 15 is 0 Å². The second-order valence-corrected chi connectivity index (χ2v) is 4.99. The smallest absolute Gasteiger partial charge is 0.414 e. The van der Waals surface area contributed by atoms with Gasteiger partial charge in [-0.15, -0.1) is 10.2 Å². The summed E-state index contributed by atoms with van der Waals surface area (Å²) >= 11 is 0. The molecule has 1 aliphatic rings. The number of tetrazole rings is 1. The molecule has 1 saturated heterocycles. The number of nitrogens with zero attached hydrogens (tertiary/aromatic N) is 6. The Labute approximate surface area is 147 Å². The summed E-state index contributed by atoms with van der Waals surface area (Å²) in [5.74, 6) is -3.21. The first-order valence-corrected chi connectivity index (χ1v) is 7.47. The van der Waals surface area contributed by atoms with Crippen LogP contribution >= 0.6 is 0 Å². The Kier molecular flexibility index (Phi) is 6.68. The van der Waals surface area contributed by atoms with E-state index in [-0.39, 0.29) is 12.5 Å². The predicted molar refractivity (Wildman–Crippen MR) is 83.7 cm³/mol. The van der Waals surface area contributed by atoms with Gasteiger partial charge < -0.3 is 19.8 Å². The van der Waals surface area contributed by atoms with Gasteiger partial charge in [-0.2, -0.15) is 4.80 Å². The molecule has 1 fully saturated rings. The van der Waals surface area contributed by atoms with Gasteiger partial charge in [0.1, 0.15) is 6.54 Å². The Hall–Kier alpha value is -3.41. The van der Waals surface area contributed by atoms with E-state index in [1.807, 2.05) is 6.07 Å². The number of aliphatic carboxylic acids is 2. The molecule has 0 atom stereocenters. The molecule has 0 aliphatic carbocycles. The molecule has 0 spiro atoms. The zero-order valence-electron chi connectivity index (χ0n) is 13.6. The highest BCUT2D eigenvalue weighted by Crippen LogP contribution is 2.10. The zero-order chi connectivity index (χ0) is 18.9. The molecule has 12 nitrogen and oxygen atoms in total. The van der Waals surface area contributed by atoms with Crippen molar-refractivity contribution in [1.82, 2.24) is 30.1 Å². The largest absolute Gasteiger partial charge is 0.473 e. The Morgan fingerprint density at radius 1 is 1.15 bits per heavy atom. The Morgan fingerprint density at radius 3 is 2.42 bits per heavy atom. The van der Waals surface area contributed by atoms with Gasteiger partial charge >= 0.3 is 11.9 Å². The molecule has 0 bridgehead atoms. The van der Waals surface area contributed by atoms with Crippen molar-refractivity contribution in [3.8, 4) is 11.4 Å². The van der Waals surface area contributed by atoms with Gasteiger partial charge in [0.15, 0.2) is 0 Å². The van der Waals surface area contributed by atoms with Gasteiger partial charge in [-0.1, -0.05) is 0 Å². The van der Waals surface area contributed by atoms with Gasteiger partial charge in [0, 0.05) is 31.0 Å². The average Bonchev–Trinajstić information content (AvgIpc) is 3.12. The number of hydrogen-bond donors (Lipinski definition) is 2. The van der Waals surface area contributed by atoms with E-state index in [2.05, 4.69) is 20.4 Å². The molecule has 1 amide bonds. The molecule has 0 saturated carbocycles. The van der Waals surface area contributed by atoms with Crippen LogP contribution in [-0.4, -0.2) is 84.5 Å². The summed E-state index contributed by atoms with van der Waals surface area (Å²) in [6.45, 7) is 2.48. The number of morpholine rings is 1. The minimum absolute atomic E-state index is 0.0246. The molecule has 2 N–H and O–H groups in total. The number of rotatable bonds is 3. The number of amides is 1. The van der Waals surface area contributed by atoms with Gasteiger partial charge in [0.25, 0.3) is 0 Å². The second-order valence-electron chi connectivity index (χ2n) is 4.99. The summed E-state index contributed by atoms with van der Waals surface area (Å²) in [5.41, 5.74) is 0.776. The predicted octanol–water partition coefficient (Wildman–Crippen LogP) is -1.25. The lowest BCUT2D eigenvalue weighted by Crippen LogP contribution is -2.42. The van der Waals surface area contributed by atoms with Crippen LogP contribution in [0.4, 0.5) is 0 Å². The maximum absolute atomic E-state index is 12.0. The standard InChI is InChI=1S/C12H14N6O2.C2H2O4/c19-11(17-4-6-20-7-5-17)9-18-15-12(14-16-18)10-2-1-3-13-8-10;3-1(4)2(5)6/h1-3,8H,4-7,9H2;(H,3,4)(H,5,6). The van der Waals surface area contributed by atoms with Crippen LogP contribution < -0.4 is 0 Å². The molecule has 2 aromatic rings. The highest BCUT2D eigenvalue weighted by atomic mass is 16.5. The van der Waals surface area contributed by atoms with Crippen LogP contribution in [0, 0.1) is 0 Å². The lowest BCUT2D eigenvalue weighted by Gasteiger charge is -2.26. The van der Waals surface area contributed by atoms with Crippen LogP contribution in [0.3, 0.4) is 0 Å². The minimum atomic E-state index is -1.82. The van der Waals surface area contributed by atoms with E-state index in [0.717, 1.165) is 5.56 Å². The molecule has 138 valence electrons. The van der Waals surface area contributed by atoms with E-state index in [0.29, 0.717) is 32.1 Å². The molecule has 26 heavy (non-hydrogen) atoms. The Bertz CT molecular complexity index is 746. The van der Waals surface area contributed by atoms with Crippen molar-refractivity contribution in [3.63, 3.8) is 0 Å². The van der Waals surface area contributed by atoms with Crippen LogP contribution in [0.25, 0.3) is 11.4 Å². The quantitative estimate of drug-likeness (QED) is 0.629. The summed E-state index contributed by atoms with van der Waals surface area (Å²) in [5, 5.41) is 26.8. The van der Waals surface area contributed by atoms with E-state index in [9.17, 15) is 4.79 Å². The Balaban J connectivity index is 0.000000352. The molecular weight excluding hydrogens is 348 g/mol. The van der Waals surface area contributed by atoms with Gasteiger partial charge in [0.05, 0.1) is 13.2 Å². The summed E-state index contributed by atoms with van der Waals surface area (Å²) < 4.78 is 5.21. The van der Waals surface area contributed by atoms with E-state index in [1.165, 1.54) is 4.80 Å². The molecular formula is C14H16N6O6. The number of carboxylic acids is 2. The molecule has 12 heteroatoms. The number of carboxylic acid groups (broad SMARTS) is 2. The highest BCUT2D eigenvalue weighted by molar-refractivity contribution is 6.27. The number of ether oxygens (including phenoxy) is 1. The molecule has 0 aromatic carbocycles. The number of aromatic nitrogens is 5. The number of pyridine rings is 1. The first kappa shape index (κ1) is 18.9. The van der Waals surface area contributed by atoms with Crippen molar-refractivity contribution >= 4 is 17.8 Å². The van der Waals surface area contributed by atoms with E-state index in [1.54, 1.807) is 23.4 Å². The normalized spacial score (nSPS) is 13.5. The summed E-state index contributed by atoms with van der Waals surface area (Å²) in [4.78, 5) is 37.3. The second kappa shape index (κ2) is 9.17. The topological polar surface area (TPSA) is 161 Å². The third kappa shape index (κ3) is 5.59. The van der Waals surface area contributed by atoms with Gasteiger partial charge in [0.2, 0.25) is 11.7 Å². The Morgan fingerprint density at radius 2 is 1.85 bits per heavy atom. The third-order valence-corrected chi connectivity index (χ3v) is 3.20. The maximum Gasteiger partial charge on any atom is 0.414 e. The fourth-order valence-corrected chi connectivity index (χ4v) is 1.95. The van der Waals surface area contributed by atoms with Crippen molar-refractivity contribution in [3.05, 3.63) is 24.5 Å². The van der Waals surface area contributed by atoms with Crippen molar-refractivity contribution in [2.45, 2.75) is 6.54 Å². The molecule has 3 rings (SSSR count). The average molecular weight is 364 g/mol. The summed E-state index contributed by atoms with van der Waals surface area (Å²) in [7, 11) is 0. The fourth-order valence-electron chi connectivity index (χ4n) is 1.95. The third-order valence-electron chi connectivity index (χ3n) is 3.20. The minimum Gasteiger partial charge on any atom is -0.473 e. The molecule has 0 unspecified atom stereocenters. The number of carbonyl (C=O) groups is 3. The van der Waals surface area contributed by atoms with Crippen molar-refractivity contribution in [2.75, 3.05) is 26.3 Å². The van der Waals surface area contributed by atoms with E-state index < -0.39 is 11.9 Å². The van der Waals surface area contributed by atoms with Gasteiger partial charge in [-0.3, -0.25) is 9.78 Å². The lowest BCUT2D eigenvalue weighted by atomic mass is 10.3. The molecule has 1 aliphatic heterocycles. The van der Waals surface area contributed by atoms with Gasteiger partial charge in [-0.25, -0.2) is 9.59 Å². The van der Waals surface area contributed by atoms with Crippen LogP contribution in [0.2, 0.25) is 0 Å². The lowest BCUT2D eigenvalue weighted by molar-refractivity contribution is -0.159. The van der Waals surface area contributed by atoms with Crippen LogP contribution in [-0.2, 0) is 25.7 Å². The van der Waals surface area contributed by atoms with Gasteiger partial charge in [-0.05, 0) is 17.3 Å². The molecule has 3 heterocycles. The molecule has 0 radical (unpaired) electrons. The molecule has 2 aromatic heterocycles. The number of carbonyl (C=O) groups excluding carboxylic acids is 1. The first-order valence-electron chi connectivity index (χ1n) is 7.47. The summed E-state index contributed by atoms with van der Waals surface area (Å²) in [6.07, 6.45) is 3.33. The van der Waals surface area contributed by atoms with Crippen molar-refractivity contribution in [1.29, 1.82) is 0 Å². The zero-order valence-corrected chi connectivity index (χ0v) is 13.6. The van der Waals surface area contributed by atoms with Crippen molar-refractivity contribution in [2.24, 2.45) is 0 Å². The fraction of sp³-hybridized carbons (Fsp3) is 0.357. The monoisotopic (exact) mass is 364 g/mol.